The van der Waals surface area contributed by atoms with Crippen LogP contribution in [-0.4, -0.2) is 31.6 Å². The van der Waals surface area contributed by atoms with Gasteiger partial charge < -0.3 is 14.5 Å². The number of hydrogen-bond acceptors (Lipinski definition) is 3. The Morgan fingerprint density at radius 3 is 2.95 bits per heavy atom. The maximum atomic E-state index is 12.0. The lowest BCUT2D eigenvalue weighted by atomic mass is 10.3. The van der Waals surface area contributed by atoms with Gasteiger partial charge in [-0.25, -0.2) is 9.97 Å². The van der Waals surface area contributed by atoms with Crippen LogP contribution in [0.2, 0.25) is 0 Å². The van der Waals surface area contributed by atoms with Crippen LogP contribution in [0, 0.1) is 0 Å². The number of carbonyl (C=O) groups is 1. The monoisotopic (exact) mass is 297 g/mol. The number of nitrogens with zero attached hydrogens (tertiary/aromatic N) is 4. The first-order chi connectivity index (χ1) is 10.8. The van der Waals surface area contributed by atoms with Crippen molar-refractivity contribution in [2.75, 3.05) is 6.54 Å². The molecule has 0 radical (unpaired) electrons. The summed E-state index contributed by atoms with van der Waals surface area (Å²) >= 11 is 0. The molecular formula is C16H19N5O. The number of imidazole rings is 2. The second-order valence-electron chi connectivity index (χ2n) is 5.22. The highest BCUT2D eigenvalue weighted by molar-refractivity contribution is 5.80. The van der Waals surface area contributed by atoms with Gasteiger partial charge >= 0.3 is 0 Å². The van der Waals surface area contributed by atoms with Crippen molar-refractivity contribution in [3.63, 3.8) is 0 Å². The van der Waals surface area contributed by atoms with Crippen LogP contribution in [0.15, 0.2) is 49.3 Å². The van der Waals surface area contributed by atoms with E-state index in [1.807, 2.05) is 45.9 Å². The summed E-state index contributed by atoms with van der Waals surface area (Å²) in [6.07, 6.45) is 9.21. The minimum absolute atomic E-state index is 0.0192. The summed E-state index contributed by atoms with van der Waals surface area (Å²) in [5.41, 5.74) is 1.90. The van der Waals surface area contributed by atoms with Crippen molar-refractivity contribution in [3.05, 3.63) is 49.3 Å². The zero-order chi connectivity index (χ0) is 15.2. The van der Waals surface area contributed by atoms with Gasteiger partial charge in [0.15, 0.2) is 0 Å². The van der Waals surface area contributed by atoms with Crippen molar-refractivity contribution in [2.24, 2.45) is 0 Å². The van der Waals surface area contributed by atoms with Crippen molar-refractivity contribution in [1.29, 1.82) is 0 Å². The topological polar surface area (TPSA) is 64.7 Å². The summed E-state index contributed by atoms with van der Waals surface area (Å²) in [6.45, 7) is 1.93. The van der Waals surface area contributed by atoms with E-state index in [9.17, 15) is 4.79 Å². The fraction of sp³-hybridized carbons (Fsp3) is 0.312. The molecule has 114 valence electrons. The third-order valence-electron chi connectivity index (χ3n) is 3.57. The Labute approximate surface area is 128 Å². The number of para-hydroxylation sites is 2. The predicted molar refractivity (Wildman–Crippen MR) is 84.2 cm³/mol. The molecule has 0 atom stereocenters. The highest BCUT2D eigenvalue weighted by Gasteiger charge is 2.06. The molecule has 6 nitrogen and oxygen atoms in total. The number of rotatable bonds is 7. The maximum absolute atomic E-state index is 12.0. The quantitative estimate of drug-likeness (QED) is 0.677. The van der Waals surface area contributed by atoms with Gasteiger partial charge in [-0.05, 0) is 25.0 Å². The van der Waals surface area contributed by atoms with Crippen LogP contribution in [0.5, 0.6) is 0 Å². The van der Waals surface area contributed by atoms with E-state index < -0.39 is 0 Å². The number of fused-ring (bicyclic) bond motifs is 1. The average Bonchev–Trinajstić information content (AvgIpc) is 3.17. The smallest absolute Gasteiger partial charge is 0.239 e. The fourth-order valence-electron chi connectivity index (χ4n) is 2.41. The first-order valence-electron chi connectivity index (χ1n) is 7.45. The Kier molecular flexibility index (Phi) is 4.48. The number of aryl methyl sites for hydroxylation is 1. The molecule has 6 heteroatoms. The van der Waals surface area contributed by atoms with Crippen LogP contribution in [-0.2, 0) is 17.9 Å². The number of benzene rings is 1. The van der Waals surface area contributed by atoms with Crippen molar-refractivity contribution >= 4 is 16.9 Å². The summed E-state index contributed by atoms with van der Waals surface area (Å²) in [6, 6.07) is 7.81. The Hall–Kier alpha value is -2.63. The maximum Gasteiger partial charge on any atom is 0.239 e. The molecule has 0 fully saturated rings. The fourth-order valence-corrected chi connectivity index (χ4v) is 2.41. The molecule has 2 aromatic heterocycles. The Morgan fingerprint density at radius 1 is 1.18 bits per heavy atom. The van der Waals surface area contributed by atoms with Gasteiger partial charge in [-0.15, -0.1) is 0 Å². The second-order valence-corrected chi connectivity index (χ2v) is 5.22. The van der Waals surface area contributed by atoms with Crippen LogP contribution in [0.25, 0.3) is 11.0 Å². The number of amides is 1. The van der Waals surface area contributed by atoms with Crippen LogP contribution in [0.1, 0.15) is 12.8 Å². The lowest BCUT2D eigenvalue weighted by Crippen LogP contribution is -2.28. The highest BCUT2D eigenvalue weighted by Crippen LogP contribution is 2.11. The minimum Gasteiger partial charge on any atom is -0.355 e. The number of aromatic nitrogens is 4. The summed E-state index contributed by atoms with van der Waals surface area (Å²) < 4.78 is 3.91. The van der Waals surface area contributed by atoms with Crippen LogP contribution < -0.4 is 5.32 Å². The molecule has 0 saturated heterocycles. The van der Waals surface area contributed by atoms with E-state index in [1.165, 1.54) is 0 Å². The van der Waals surface area contributed by atoms with E-state index >= 15 is 0 Å². The Morgan fingerprint density at radius 2 is 2.09 bits per heavy atom. The van der Waals surface area contributed by atoms with Gasteiger partial charge in [0.05, 0.1) is 23.7 Å². The standard InChI is InChI=1S/C16H19N5O/c22-16(18-7-3-4-9-20-10-8-17-12-20)11-21-13-19-14-5-1-2-6-15(14)21/h1-2,5-6,8,10,12-13H,3-4,7,9,11H2,(H,18,22). The summed E-state index contributed by atoms with van der Waals surface area (Å²) in [7, 11) is 0. The minimum atomic E-state index is 0.0192. The van der Waals surface area contributed by atoms with Crippen LogP contribution in [0.4, 0.5) is 0 Å². The van der Waals surface area contributed by atoms with Gasteiger partial charge in [0, 0.05) is 25.5 Å². The van der Waals surface area contributed by atoms with E-state index in [4.69, 9.17) is 0 Å². The zero-order valence-electron chi connectivity index (χ0n) is 12.4. The van der Waals surface area contributed by atoms with Gasteiger partial charge in [-0.3, -0.25) is 4.79 Å². The Bertz CT molecular complexity index is 732. The highest BCUT2D eigenvalue weighted by atomic mass is 16.1. The first kappa shape index (κ1) is 14.3. The average molecular weight is 297 g/mol. The van der Waals surface area contributed by atoms with Crippen molar-refractivity contribution in [3.8, 4) is 0 Å². The predicted octanol–water partition coefficient (Wildman–Crippen LogP) is 1.83. The van der Waals surface area contributed by atoms with E-state index in [0.717, 1.165) is 30.4 Å². The lowest BCUT2D eigenvalue weighted by Gasteiger charge is -2.07. The summed E-state index contributed by atoms with van der Waals surface area (Å²) in [4.78, 5) is 20.3. The third kappa shape index (κ3) is 3.52. The van der Waals surface area contributed by atoms with Crippen LogP contribution >= 0.6 is 0 Å². The van der Waals surface area contributed by atoms with Gasteiger partial charge in [-0.1, -0.05) is 12.1 Å². The zero-order valence-corrected chi connectivity index (χ0v) is 12.4. The largest absolute Gasteiger partial charge is 0.355 e. The van der Waals surface area contributed by atoms with E-state index in [-0.39, 0.29) is 5.91 Å². The molecule has 0 unspecified atom stereocenters. The normalized spacial score (nSPS) is 10.9. The van der Waals surface area contributed by atoms with Crippen LogP contribution in [0.3, 0.4) is 0 Å². The van der Waals surface area contributed by atoms with Gasteiger partial charge in [0.25, 0.3) is 0 Å². The molecule has 3 aromatic rings. The van der Waals surface area contributed by atoms with Crippen molar-refractivity contribution in [1.82, 2.24) is 24.4 Å². The molecule has 0 bridgehead atoms. The van der Waals surface area contributed by atoms with E-state index in [0.29, 0.717) is 13.1 Å². The number of unbranched alkanes of at least 4 members (excludes halogenated alkanes) is 1. The third-order valence-corrected chi connectivity index (χ3v) is 3.57. The first-order valence-corrected chi connectivity index (χ1v) is 7.45. The molecule has 0 aliphatic heterocycles. The second kappa shape index (κ2) is 6.89. The molecule has 1 aromatic carbocycles. The molecule has 1 amide bonds. The summed E-state index contributed by atoms with van der Waals surface area (Å²) in [5.74, 6) is 0.0192. The SMILES string of the molecule is O=C(Cn1cnc2ccccc21)NCCCCn1ccnc1. The van der Waals surface area contributed by atoms with E-state index in [1.54, 1.807) is 12.5 Å². The molecule has 0 aliphatic rings. The van der Waals surface area contributed by atoms with Gasteiger partial charge in [0.1, 0.15) is 6.54 Å². The molecule has 0 aliphatic carbocycles. The molecule has 22 heavy (non-hydrogen) atoms. The van der Waals surface area contributed by atoms with Crippen molar-refractivity contribution in [2.45, 2.75) is 25.9 Å². The Balaban J connectivity index is 1.41. The molecule has 0 saturated carbocycles. The molecule has 3 rings (SSSR count). The lowest BCUT2D eigenvalue weighted by molar-refractivity contribution is -0.121. The van der Waals surface area contributed by atoms with E-state index in [2.05, 4.69) is 15.3 Å². The van der Waals surface area contributed by atoms with Gasteiger partial charge in [0.2, 0.25) is 5.91 Å². The molecule has 0 spiro atoms. The number of nitrogens with one attached hydrogen (secondary N) is 1. The molecule has 1 N–H and O–H groups in total. The molecular weight excluding hydrogens is 278 g/mol. The number of hydrogen-bond donors (Lipinski definition) is 1. The van der Waals surface area contributed by atoms with Crippen molar-refractivity contribution < 1.29 is 4.79 Å². The molecule has 2 heterocycles. The number of carbonyl (C=O) groups excluding carboxylic acids is 1. The van der Waals surface area contributed by atoms with Gasteiger partial charge in [-0.2, -0.15) is 0 Å². The summed E-state index contributed by atoms with van der Waals surface area (Å²) in [5, 5.41) is 2.95.